The van der Waals surface area contributed by atoms with E-state index in [1.807, 2.05) is 0 Å². The van der Waals surface area contributed by atoms with Gasteiger partial charge in [-0.1, -0.05) is 0 Å². The highest BCUT2D eigenvalue weighted by atomic mass is 35.5. The van der Waals surface area contributed by atoms with Gasteiger partial charge < -0.3 is 19.4 Å². The number of alkyl halides is 3. The van der Waals surface area contributed by atoms with Crippen LogP contribution in [0.3, 0.4) is 0 Å². The zero-order valence-electron chi connectivity index (χ0n) is 16.0. The monoisotopic (exact) mass is 441 g/mol. The van der Waals surface area contributed by atoms with Gasteiger partial charge in [0.2, 0.25) is 11.2 Å². The minimum absolute atomic E-state index is 0.0335. The van der Waals surface area contributed by atoms with Gasteiger partial charge in [0.05, 0.1) is 18.4 Å². The molecule has 0 spiro atoms. The molecule has 160 valence electrons. The van der Waals surface area contributed by atoms with E-state index in [1.165, 1.54) is 6.20 Å². The lowest BCUT2D eigenvalue weighted by molar-refractivity contribution is -0.139. The molecule has 1 atom stereocenters. The van der Waals surface area contributed by atoms with Crippen LogP contribution >= 0.6 is 11.6 Å². The van der Waals surface area contributed by atoms with Crippen LogP contribution in [0.4, 0.5) is 13.2 Å². The van der Waals surface area contributed by atoms with Crippen molar-refractivity contribution in [1.82, 2.24) is 24.8 Å². The first-order valence-electron chi connectivity index (χ1n) is 9.34. The molecular weight excluding hydrogens is 423 g/mol. The van der Waals surface area contributed by atoms with Gasteiger partial charge in [0.25, 0.3) is 0 Å². The number of aryl methyl sites for hydroxylation is 1. The second-order valence-electron chi connectivity index (χ2n) is 6.91. The Hall–Kier alpha value is -2.43. The number of nitrogens with zero attached hydrogens (tertiary/aromatic N) is 4. The maximum Gasteiger partial charge on any atom is 0.421 e. The zero-order valence-corrected chi connectivity index (χ0v) is 16.8. The summed E-state index contributed by atoms with van der Waals surface area (Å²) in [6, 6.07) is 2.68. The van der Waals surface area contributed by atoms with Gasteiger partial charge in [0.1, 0.15) is 17.8 Å². The van der Waals surface area contributed by atoms with Crippen molar-refractivity contribution in [1.29, 1.82) is 0 Å². The fourth-order valence-corrected chi connectivity index (χ4v) is 3.52. The van der Waals surface area contributed by atoms with Crippen LogP contribution < -0.4 is 10.1 Å². The smallest absolute Gasteiger partial charge is 0.421 e. The molecule has 1 N–H and O–H groups in total. The maximum absolute atomic E-state index is 13.7. The van der Waals surface area contributed by atoms with Crippen LogP contribution in [0.5, 0.6) is 5.88 Å². The van der Waals surface area contributed by atoms with E-state index in [4.69, 9.17) is 21.1 Å². The highest BCUT2D eigenvalue weighted by molar-refractivity contribution is 6.28. The lowest BCUT2D eigenvalue weighted by atomic mass is 10.1. The summed E-state index contributed by atoms with van der Waals surface area (Å²) >= 11 is 5.98. The second-order valence-corrected chi connectivity index (χ2v) is 7.25. The van der Waals surface area contributed by atoms with E-state index in [0.717, 1.165) is 25.6 Å². The lowest BCUT2D eigenvalue weighted by Gasteiger charge is -2.15. The molecule has 11 heteroatoms. The van der Waals surface area contributed by atoms with Crippen molar-refractivity contribution in [3.63, 3.8) is 0 Å². The van der Waals surface area contributed by atoms with Gasteiger partial charge in [0, 0.05) is 36.9 Å². The number of aromatic nitrogens is 4. The number of rotatable bonds is 6. The number of hydrogen-bond acceptors (Lipinski definition) is 6. The van der Waals surface area contributed by atoms with Crippen molar-refractivity contribution in [2.45, 2.75) is 18.7 Å². The molecule has 1 saturated heterocycles. The normalized spacial score (nSPS) is 17.0. The van der Waals surface area contributed by atoms with E-state index in [9.17, 15) is 13.2 Å². The Labute approximate surface area is 175 Å². The van der Waals surface area contributed by atoms with Crippen LogP contribution in [0, 0.1) is 0 Å². The molecule has 0 saturated carbocycles. The summed E-state index contributed by atoms with van der Waals surface area (Å²) in [5.74, 6) is -0.496. The predicted molar refractivity (Wildman–Crippen MR) is 104 cm³/mol. The molecular formula is C19H19ClF3N5O2. The van der Waals surface area contributed by atoms with E-state index in [-0.39, 0.29) is 35.9 Å². The lowest BCUT2D eigenvalue weighted by Crippen LogP contribution is -2.20. The van der Waals surface area contributed by atoms with Crippen LogP contribution in [0.15, 0.2) is 24.5 Å². The van der Waals surface area contributed by atoms with Crippen LogP contribution in [0.25, 0.3) is 22.3 Å². The SMILES string of the molecule is Cn1ccc2c(-c3cnc(OCCO[C@@H]4CCNC4)c(C(F)(F)F)c3)nc(Cl)nc21. The molecule has 3 aromatic heterocycles. The summed E-state index contributed by atoms with van der Waals surface area (Å²) < 4.78 is 53.6. The Morgan fingerprint density at radius 2 is 2.13 bits per heavy atom. The van der Waals surface area contributed by atoms with Gasteiger partial charge >= 0.3 is 6.18 Å². The molecule has 7 nitrogen and oxygen atoms in total. The third-order valence-electron chi connectivity index (χ3n) is 4.82. The van der Waals surface area contributed by atoms with Gasteiger partial charge in [0.15, 0.2) is 0 Å². The Balaban J connectivity index is 1.60. The van der Waals surface area contributed by atoms with Gasteiger partial charge in [-0.05, 0) is 36.7 Å². The number of hydrogen-bond donors (Lipinski definition) is 1. The van der Waals surface area contributed by atoms with Gasteiger partial charge in [-0.3, -0.25) is 0 Å². The van der Waals surface area contributed by atoms with Crippen LogP contribution in [0.1, 0.15) is 12.0 Å². The fourth-order valence-electron chi connectivity index (χ4n) is 3.35. The van der Waals surface area contributed by atoms with Gasteiger partial charge in [-0.15, -0.1) is 0 Å². The highest BCUT2D eigenvalue weighted by Crippen LogP contribution is 2.38. The number of nitrogens with one attached hydrogen (secondary N) is 1. The molecule has 4 heterocycles. The van der Waals surface area contributed by atoms with E-state index in [1.54, 1.807) is 23.9 Å². The highest BCUT2D eigenvalue weighted by Gasteiger charge is 2.36. The van der Waals surface area contributed by atoms with Crippen LogP contribution in [-0.2, 0) is 18.0 Å². The minimum atomic E-state index is -4.65. The number of ether oxygens (including phenoxy) is 2. The Morgan fingerprint density at radius 3 is 2.87 bits per heavy atom. The summed E-state index contributed by atoms with van der Waals surface area (Å²) in [6.07, 6.45) is -0.703. The van der Waals surface area contributed by atoms with Crippen LogP contribution in [-0.4, -0.2) is 51.9 Å². The molecule has 0 amide bonds. The summed E-state index contributed by atoms with van der Waals surface area (Å²) in [5, 5.41) is 3.66. The molecule has 0 radical (unpaired) electrons. The Kier molecular flexibility index (Phi) is 5.81. The third kappa shape index (κ3) is 4.35. The average Bonchev–Trinajstić information content (AvgIpc) is 3.34. The first-order chi connectivity index (χ1) is 14.3. The molecule has 4 rings (SSSR count). The quantitative estimate of drug-likeness (QED) is 0.466. The number of halogens is 4. The summed E-state index contributed by atoms with van der Waals surface area (Å²) in [7, 11) is 1.76. The fraction of sp³-hybridized carbons (Fsp3) is 0.421. The largest absolute Gasteiger partial charge is 0.475 e. The van der Waals surface area contributed by atoms with Crippen molar-refractivity contribution in [3.05, 3.63) is 35.4 Å². The van der Waals surface area contributed by atoms with Crippen molar-refractivity contribution in [2.75, 3.05) is 26.3 Å². The van der Waals surface area contributed by atoms with E-state index < -0.39 is 17.6 Å². The second kappa shape index (κ2) is 8.37. The van der Waals surface area contributed by atoms with Gasteiger partial charge in [-0.25, -0.2) is 9.97 Å². The predicted octanol–water partition coefficient (Wildman–Crippen LogP) is 3.46. The van der Waals surface area contributed by atoms with Crippen molar-refractivity contribution < 1.29 is 22.6 Å². The Morgan fingerprint density at radius 1 is 1.30 bits per heavy atom. The van der Waals surface area contributed by atoms with E-state index >= 15 is 0 Å². The number of fused-ring (bicyclic) bond motifs is 1. The van der Waals surface area contributed by atoms with Crippen molar-refractivity contribution in [2.24, 2.45) is 7.05 Å². The molecule has 0 aromatic carbocycles. The zero-order chi connectivity index (χ0) is 21.3. The van der Waals surface area contributed by atoms with Crippen molar-refractivity contribution >= 4 is 22.6 Å². The molecule has 0 bridgehead atoms. The van der Waals surface area contributed by atoms with Crippen LogP contribution in [0.2, 0.25) is 5.28 Å². The molecule has 0 unspecified atom stereocenters. The molecule has 0 aliphatic carbocycles. The summed E-state index contributed by atoms with van der Waals surface area (Å²) in [6.45, 7) is 1.75. The van der Waals surface area contributed by atoms with E-state index in [2.05, 4.69) is 20.3 Å². The number of pyridine rings is 1. The first kappa shape index (κ1) is 20.8. The molecule has 3 aromatic rings. The van der Waals surface area contributed by atoms with Gasteiger partial charge in [-0.2, -0.15) is 18.2 Å². The summed E-state index contributed by atoms with van der Waals surface area (Å²) in [4.78, 5) is 12.2. The topological polar surface area (TPSA) is 74.1 Å². The standard InChI is InChI=1S/C19H19ClF3N5O2/c1-28-5-3-13-15(26-18(20)27-16(13)28)11-8-14(19(21,22)23)17(25-9-11)30-7-6-29-12-2-4-24-10-12/h3,5,8-9,12,24H,2,4,6-7,10H2,1H3/t12-/m1/s1. The molecule has 1 fully saturated rings. The summed E-state index contributed by atoms with van der Waals surface area (Å²) in [5.41, 5.74) is -0.0329. The maximum atomic E-state index is 13.7. The molecule has 1 aliphatic rings. The average molecular weight is 442 g/mol. The first-order valence-corrected chi connectivity index (χ1v) is 9.72. The van der Waals surface area contributed by atoms with E-state index in [0.29, 0.717) is 11.0 Å². The molecule has 1 aliphatic heterocycles. The third-order valence-corrected chi connectivity index (χ3v) is 4.99. The van der Waals surface area contributed by atoms with Crippen molar-refractivity contribution in [3.8, 4) is 17.1 Å². The minimum Gasteiger partial charge on any atom is -0.475 e. The molecule has 30 heavy (non-hydrogen) atoms. The Bertz CT molecular complexity index is 1050.